The Morgan fingerprint density at radius 3 is 2.48 bits per heavy atom. The predicted molar refractivity (Wildman–Crippen MR) is 122 cm³/mol. The zero-order chi connectivity index (χ0) is 21.9. The first-order valence-electron chi connectivity index (χ1n) is 10.8. The van der Waals surface area contributed by atoms with Crippen LogP contribution in [0.2, 0.25) is 0 Å². The van der Waals surface area contributed by atoms with Crippen LogP contribution in [0.4, 0.5) is 0 Å². The third kappa shape index (κ3) is 7.09. The fourth-order valence-corrected chi connectivity index (χ4v) is 3.24. The maximum absolute atomic E-state index is 11.4. The molecule has 164 valence electrons. The summed E-state index contributed by atoms with van der Waals surface area (Å²) in [5.74, 6) is 1.46. The molecule has 1 unspecified atom stereocenters. The lowest BCUT2D eigenvalue weighted by atomic mass is 10.1. The Balaban J connectivity index is 1.26. The van der Waals surface area contributed by atoms with Gasteiger partial charge in [0.05, 0.1) is 13.2 Å². The molecule has 0 radical (unpaired) electrons. The second-order valence-electron chi connectivity index (χ2n) is 7.44. The van der Waals surface area contributed by atoms with Crippen LogP contribution in [0.25, 0.3) is 22.3 Å². The van der Waals surface area contributed by atoms with Gasteiger partial charge in [0.2, 0.25) is 0 Å². The molecular formula is C26H30O5. The normalized spacial score (nSPS) is 12.0. The number of carbonyl (C=O) groups excluding carboxylic acids is 1. The SMILES string of the molecule is C=CC(O)C(=O)CCOCCCCCCOc1ccc(-c2cc3ccccc3o2)cc1. The van der Waals surface area contributed by atoms with Gasteiger partial charge in [0.1, 0.15) is 23.2 Å². The molecule has 2 aromatic carbocycles. The summed E-state index contributed by atoms with van der Waals surface area (Å²) in [5.41, 5.74) is 1.92. The van der Waals surface area contributed by atoms with Gasteiger partial charge in [-0.25, -0.2) is 0 Å². The molecule has 0 saturated carbocycles. The Kier molecular flexibility index (Phi) is 8.88. The molecular weight excluding hydrogens is 392 g/mol. The van der Waals surface area contributed by atoms with Crippen LogP contribution in [-0.2, 0) is 9.53 Å². The number of hydrogen-bond acceptors (Lipinski definition) is 5. The number of Topliss-reactive ketones (excluding diaryl/α,β-unsaturated/α-hetero) is 1. The number of fused-ring (bicyclic) bond motifs is 1. The van der Waals surface area contributed by atoms with Crippen LogP contribution in [-0.4, -0.2) is 36.8 Å². The van der Waals surface area contributed by atoms with E-state index in [4.69, 9.17) is 13.9 Å². The van der Waals surface area contributed by atoms with Gasteiger partial charge in [0.25, 0.3) is 0 Å². The van der Waals surface area contributed by atoms with Gasteiger partial charge < -0.3 is 19.0 Å². The van der Waals surface area contributed by atoms with E-state index in [2.05, 4.69) is 12.6 Å². The quantitative estimate of drug-likeness (QED) is 0.272. The third-order valence-electron chi connectivity index (χ3n) is 5.06. The van der Waals surface area contributed by atoms with Crippen molar-refractivity contribution in [1.29, 1.82) is 0 Å². The van der Waals surface area contributed by atoms with Crippen molar-refractivity contribution in [3.8, 4) is 17.1 Å². The molecule has 31 heavy (non-hydrogen) atoms. The lowest BCUT2D eigenvalue weighted by molar-refractivity contribution is -0.126. The summed E-state index contributed by atoms with van der Waals surface area (Å²) in [6.07, 6.45) is 4.42. The maximum Gasteiger partial charge on any atom is 0.167 e. The second kappa shape index (κ2) is 12.1. The largest absolute Gasteiger partial charge is 0.494 e. The van der Waals surface area contributed by atoms with Crippen LogP contribution in [0, 0.1) is 0 Å². The van der Waals surface area contributed by atoms with Crippen LogP contribution in [0.3, 0.4) is 0 Å². The van der Waals surface area contributed by atoms with Gasteiger partial charge in [-0.15, -0.1) is 6.58 Å². The Labute approximate surface area is 183 Å². The van der Waals surface area contributed by atoms with Gasteiger partial charge in [0, 0.05) is 24.0 Å². The highest BCUT2D eigenvalue weighted by Crippen LogP contribution is 2.28. The number of hydrogen-bond donors (Lipinski definition) is 1. The van der Waals surface area contributed by atoms with Crippen LogP contribution >= 0.6 is 0 Å². The van der Waals surface area contributed by atoms with Crippen LogP contribution in [0.1, 0.15) is 32.1 Å². The average molecular weight is 423 g/mol. The molecule has 0 aliphatic heterocycles. The Bertz CT molecular complexity index is 924. The number of furan rings is 1. The summed E-state index contributed by atoms with van der Waals surface area (Å²) in [7, 11) is 0. The number of carbonyl (C=O) groups is 1. The third-order valence-corrected chi connectivity index (χ3v) is 5.06. The van der Waals surface area contributed by atoms with E-state index in [1.165, 1.54) is 6.08 Å². The number of ketones is 1. The summed E-state index contributed by atoms with van der Waals surface area (Å²) in [4.78, 5) is 11.4. The lowest BCUT2D eigenvalue weighted by Gasteiger charge is -2.07. The molecule has 1 N–H and O–H groups in total. The summed E-state index contributed by atoms with van der Waals surface area (Å²) in [5, 5.41) is 10.4. The number of unbranched alkanes of at least 4 members (excludes halogenated alkanes) is 3. The fourth-order valence-electron chi connectivity index (χ4n) is 3.24. The molecule has 0 amide bonds. The van der Waals surface area contributed by atoms with Crippen molar-refractivity contribution in [2.45, 2.75) is 38.2 Å². The standard InChI is InChI=1S/C26H30O5/c1-2-23(27)24(28)15-18-29-16-7-3-4-8-17-30-22-13-11-20(12-14-22)26-19-21-9-5-6-10-25(21)31-26/h2,5-6,9-14,19,23,27H,1,3-4,7-8,15-18H2. The molecule has 0 fully saturated rings. The van der Waals surface area contributed by atoms with E-state index >= 15 is 0 Å². The summed E-state index contributed by atoms with van der Waals surface area (Å²) in [6, 6.07) is 18.0. The molecule has 5 nitrogen and oxygen atoms in total. The van der Waals surface area contributed by atoms with E-state index in [1.54, 1.807) is 0 Å². The zero-order valence-electron chi connectivity index (χ0n) is 17.8. The minimum atomic E-state index is -1.08. The minimum Gasteiger partial charge on any atom is -0.494 e. The molecule has 3 rings (SSSR count). The molecule has 0 bridgehead atoms. The highest BCUT2D eigenvalue weighted by atomic mass is 16.5. The summed E-state index contributed by atoms with van der Waals surface area (Å²) >= 11 is 0. The molecule has 0 aliphatic rings. The van der Waals surface area contributed by atoms with Gasteiger partial charge in [-0.05, 0) is 55.7 Å². The van der Waals surface area contributed by atoms with Gasteiger partial charge in [-0.1, -0.05) is 30.7 Å². The Morgan fingerprint density at radius 1 is 1.00 bits per heavy atom. The summed E-state index contributed by atoms with van der Waals surface area (Å²) in [6.45, 7) is 5.04. The van der Waals surface area contributed by atoms with Crippen molar-refractivity contribution in [2.75, 3.05) is 19.8 Å². The topological polar surface area (TPSA) is 68.9 Å². The van der Waals surface area contributed by atoms with Crippen molar-refractivity contribution < 1.29 is 23.8 Å². The minimum absolute atomic E-state index is 0.218. The first-order valence-corrected chi connectivity index (χ1v) is 10.8. The molecule has 0 aliphatic carbocycles. The zero-order valence-corrected chi connectivity index (χ0v) is 17.8. The van der Waals surface area contributed by atoms with Crippen molar-refractivity contribution in [3.05, 3.63) is 67.3 Å². The molecule has 3 aromatic rings. The van der Waals surface area contributed by atoms with E-state index in [-0.39, 0.29) is 12.2 Å². The average Bonchev–Trinajstić information content (AvgIpc) is 3.24. The Hall–Kier alpha value is -2.89. The van der Waals surface area contributed by atoms with Crippen LogP contribution in [0.5, 0.6) is 5.75 Å². The predicted octanol–water partition coefficient (Wildman–Crippen LogP) is 5.56. The molecule has 5 heteroatoms. The molecule has 0 spiro atoms. The smallest absolute Gasteiger partial charge is 0.167 e. The number of aliphatic hydroxyl groups is 1. The number of benzene rings is 2. The van der Waals surface area contributed by atoms with Gasteiger partial charge >= 0.3 is 0 Å². The first kappa shape index (κ1) is 22.8. The Morgan fingerprint density at radius 2 is 1.74 bits per heavy atom. The van der Waals surface area contributed by atoms with E-state index in [1.807, 2.05) is 48.5 Å². The van der Waals surface area contributed by atoms with E-state index < -0.39 is 6.10 Å². The van der Waals surface area contributed by atoms with Gasteiger partial charge in [-0.2, -0.15) is 0 Å². The van der Waals surface area contributed by atoms with Gasteiger partial charge in [-0.3, -0.25) is 4.79 Å². The van der Waals surface area contributed by atoms with Crippen molar-refractivity contribution in [1.82, 2.24) is 0 Å². The summed E-state index contributed by atoms with van der Waals surface area (Å²) < 4.78 is 17.2. The lowest BCUT2D eigenvalue weighted by Crippen LogP contribution is -2.19. The van der Waals surface area contributed by atoms with E-state index in [9.17, 15) is 9.90 Å². The van der Waals surface area contributed by atoms with E-state index in [0.29, 0.717) is 19.8 Å². The van der Waals surface area contributed by atoms with Crippen molar-refractivity contribution in [2.24, 2.45) is 0 Å². The number of ether oxygens (including phenoxy) is 2. The molecule has 1 aromatic heterocycles. The van der Waals surface area contributed by atoms with Gasteiger partial charge in [0.15, 0.2) is 5.78 Å². The van der Waals surface area contributed by atoms with Crippen molar-refractivity contribution in [3.63, 3.8) is 0 Å². The monoisotopic (exact) mass is 422 g/mol. The maximum atomic E-state index is 11.4. The number of aliphatic hydroxyl groups excluding tert-OH is 1. The number of rotatable bonds is 14. The fraction of sp³-hybridized carbons (Fsp3) is 0.346. The highest BCUT2D eigenvalue weighted by molar-refractivity contribution is 5.84. The van der Waals surface area contributed by atoms with Crippen LogP contribution in [0.15, 0.2) is 71.7 Å². The highest BCUT2D eigenvalue weighted by Gasteiger charge is 2.10. The van der Waals surface area contributed by atoms with Crippen molar-refractivity contribution >= 4 is 16.8 Å². The molecule has 1 heterocycles. The number of para-hydroxylation sites is 1. The first-order chi connectivity index (χ1) is 15.2. The molecule has 0 saturated heterocycles. The van der Waals surface area contributed by atoms with Crippen LogP contribution < -0.4 is 4.74 Å². The second-order valence-corrected chi connectivity index (χ2v) is 7.44. The van der Waals surface area contributed by atoms with E-state index in [0.717, 1.165) is 53.7 Å². The molecule has 1 atom stereocenters.